The Hall–Kier alpha value is -4.11. The molecular formula is C31H27N3. The van der Waals surface area contributed by atoms with Gasteiger partial charge in [0, 0.05) is 17.8 Å². The van der Waals surface area contributed by atoms with Crippen molar-refractivity contribution in [1.82, 2.24) is 14.1 Å². The Bertz CT molecular complexity index is 1710. The second-order valence-corrected chi connectivity index (χ2v) is 9.25. The van der Waals surface area contributed by atoms with Crippen LogP contribution in [-0.4, -0.2) is 14.1 Å². The Morgan fingerprint density at radius 2 is 1.47 bits per heavy atom. The lowest BCUT2D eigenvalue weighted by atomic mass is 9.98. The van der Waals surface area contributed by atoms with Gasteiger partial charge in [-0.25, -0.2) is 4.98 Å². The minimum atomic E-state index is 0.853. The molecule has 0 unspecified atom stereocenters. The molecule has 0 saturated carbocycles. The summed E-state index contributed by atoms with van der Waals surface area (Å²) in [6.45, 7) is 8.26. The van der Waals surface area contributed by atoms with Crippen LogP contribution < -0.4 is 0 Å². The molecule has 3 heteroatoms. The number of fused-ring (bicyclic) bond motifs is 4. The topological polar surface area (TPSA) is 22.8 Å². The third kappa shape index (κ3) is 3.16. The van der Waals surface area contributed by atoms with E-state index in [1.165, 1.54) is 44.1 Å². The molecule has 0 saturated heterocycles. The van der Waals surface area contributed by atoms with Gasteiger partial charge in [0.25, 0.3) is 0 Å². The van der Waals surface area contributed by atoms with E-state index < -0.39 is 0 Å². The zero-order valence-electron chi connectivity index (χ0n) is 19.8. The number of aryl methyl sites for hydroxylation is 3. The van der Waals surface area contributed by atoms with Gasteiger partial charge in [-0.15, -0.1) is 6.58 Å². The lowest BCUT2D eigenvalue weighted by molar-refractivity contribution is 0.869. The first-order valence-corrected chi connectivity index (χ1v) is 11.7. The van der Waals surface area contributed by atoms with Crippen LogP contribution in [0, 0.1) is 13.8 Å². The van der Waals surface area contributed by atoms with E-state index in [4.69, 9.17) is 4.98 Å². The van der Waals surface area contributed by atoms with E-state index in [9.17, 15) is 0 Å². The van der Waals surface area contributed by atoms with Crippen molar-refractivity contribution in [3.8, 4) is 17.1 Å². The molecule has 0 spiro atoms. The molecule has 3 nitrogen and oxygen atoms in total. The molecule has 0 amide bonds. The molecule has 0 aliphatic carbocycles. The van der Waals surface area contributed by atoms with Gasteiger partial charge in [-0.1, -0.05) is 59.7 Å². The van der Waals surface area contributed by atoms with E-state index in [-0.39, 0.29) is 0 Å². The van der Waals surface area contributed by atoms with Crippen LogP contribution in [0.2, 0.25) is 0 Å². The number of para-hydroxylation sites is 2. The van der Waals surface area contributed by atoms with Crippen molar-refractivity contribution in [2.24, 2.45) is 7.05 Å². The number of benzene rings is 4. The zero-order chi connectivity index (χ0) is 23.4. The number of imidazole rings is 1. The zero-order valence-corrected chi connectivity index (χ0v) is 19.8. The van der Waals surface area contributed by atoms with Gasteiger partial charge in [0.2, 0.25) is 5.95 Å². The van der Waals surface area contributed by atoms with E-state index in [0.717, 1.165) is 28.9 Å². The Labute approximate surface area is 199 Å². The SMILES string of the molecule is C=CCc1ccc2c(c1)c1cc(-c3cc(C)cc(C)c3)ccc1n2-c1nc2ccccc2n1C. The molecule has 0 aliphatic rings. The molecule has 2 heterocycles. The summed E-state index contributed by atoms with van der Waals surface area (Å²) in [4.78, 5) is 5.03. The average Bonchev–Trinajstić information content (AvgIpc) is 3.32. The largest absolute Gasteiger partial charge is 0.313 e. The van der Waals surface area contributed by atoms with Crippen LogP contribution in [0.1, 0.15) is 16.7 Å². The van der Waals surface area contributed by atoms with Gasteiger partial charge in [0.15, 0.2) is 0 Å². The number of allylic oxidation sites excluding steroid dienone is 1. The Kier molecular flexibility index (Phi) is 4.66. The Morgan fingerprint density at radius 3 is 2.21 bits per heavy atom. The normalized spacial score (nSPS) is 11.6. The maximum absolute atomic E-state index is 5.03. The highest BCUT2D eigenvalue weighted by Gasteiger charge is 2.18. The molecule has 0 atom stereocenters. The van der Waals surface area contributed by atoms with Gasteiger partial charge in [0.05, 0.1) is 22.1 Å². The van der Waals surface area contributed by atoms with E-state index in [1.807, 2.05) is 12.1 Å². The summed E-state index contributed by atoms with van der Waals surface area (Å²) in [7, 11) is 2.10. The van der Waals surface area contributed by atoms with Crippen molar-refractivity contribution in [2.75, 3.05) is 0 Å². The Balaban J connectivity index is 1.68. The minimum Gasteiger partial charge on any atom is -0.313 e. The van der Waals surface area contributed by atoms with Gasteiger partial charge in [0.1, 0.15) is 0 Å². The van der Waals surface area contributed by atoms with Gasteiger partial charge < -0.3 is 4.57 Å². The number of hydrogen-bond acceptors (Lipinski definition) is 1. The predicted octanol–water partition coefficient (Wildman–Crippen LogP) is 7.68. The molecule has 4 aromatic carbocycles. The molecule has 0 N–H and O–H groups in total. The third-order valence-electron chi connectivity index (χ3n) is 6.73. The molecule has 0 bridgehead atoms. The van der Waals surface area contributed by atoms with E-state index in [1.54, 1.807) is 0 Å². The smallest absolute Gasteiger partial charge is 0.215 e. The highest BCUT2D eigenvalue weighted by Crippen LogP contribution is 2.36. The average molecular weight is 442 g/mol. The first kappa shape index (κ1) is 20.5. The van der Waals surface area contributed by atoms with Crippen LogP contribution in [0.25, 0.3) is 49.9 Å². The number of hydrogen-bond donors (Lipinski definition) is 0. The highest BCUT2D eigenvalue weighted by atomic mass is 15.2. The molecule has 2 aromatic heterocycles. The van der Waals surface area contributed by atoms with E-state index >= 15 is 0 Å². The maximum atomic E-state index is 5.03. The van der Waals surface area contributed by atoms with Crippen molar-refractivity contribution in [1.29, 1.82) is 0 Å². The monoisotopic (exact) mass is 441 g/mol. The first-order valence-electron chi connectivity index (χ1n) is 11.7. The lowest BCUT2D eigenvalue weighted by Gasteiger charge is -2.09. The maximum Gasteiger partial charge on any atom is 0.215 e. The molecule has 166 valence electrons. The van der Waals surface area contributed by atoms with E-state index in [0.29, 0.717) is 0 Å². The van der Waals surface area contributed by atoms with Crippen LogP contribution in [0.4, 0.5) is 0 Å². The summed E-state index contributed by atoms with van der Waals surface area (Å²) in [6.07, 6.45) is 2.82. The molecule has 0 aliphatic heterocycles. The minimum absolute atomic E-state index is 0.853. The molecule has 6 aromatic rings. The standard InChI is InChI=1S/C31H27N3/c1-5-8-22-11-13-28-25(18-22)26-19-23(24-16-20(2)15-21(3)17-24)12-14-29(26)34(28)31-32-27-9-6-7-10-30(27)33(31)4/h5-7,9-19H,1,8H2,2-4H3. The quantitative estimate of drug-likeness (QED) is 0.257. The molecular weight excluding hydrogens is 414 g/mol. The molecule has 0 radical (unpaired) electrons. The molecule has 0 fully saturated rings. The predicted molar refractivity (Wildman–Crippen MR) is 144 cm³/mol. The van der Waals surface area contributed by atoms with Crippen LogP contribution in [0.5, 0.6) is 0 Å². The van der Waals surface area contributed by atoms with Crippen LogP contribution in [-0.2, 0) is 13.5 Å². The summed E-state index contributed by atoms with van der Waals surface area (Å²) in [5.74, 6) is 0.928. The molecule has 6 rings (SSSR count). The third-order valence-corrected chi connectivity index (χ3v) is 6.73. The van der Waals surface area contributed by atoms with Crippen molar-refractivity contribution in [3.05, 3.63) is 108 Å². The molecule has 34 heavy (non-hydrogen) atoms. The van der Waals surface area contributed by atoms with Gasteiger partial charge >= 0.3 is 0 Å². The second kappa shape index (κ2) is 7.74. The second-order valence-electron chi connectivity index (χ2n) is 9.25. The summed E-state index contributed by atoms with van der Waals surface area (Å²) < 4.78 is 4.48. The Morgan fingerprint density at radius 1 is 0.765 bits per heavy atom. The lowest BCUT2D eigenvalue weighted by Crippen LogP contribution is -2.03. The fraction of sp³-hybridized carbons (Fsp3) is 0.129. The van der Waals surface area contributed by atoms with Crippen molar-refractivity contribution < 1.29 is 0 Å². The number of aromatic nitrogens is 3. The summed E-state index contributed by atoms with van der Waals surface area (Å²) in [5.41, 5.74) is 10.8. The van der Waals surface area contributed by atoms with Gasteiger partial charge in [-0.3, -0.25) is 4.57 Å². The number of nitrogens with zero attached hydrogens (tertiary/aromatic N) is 3. The highest BCUT2D eigenvalue weighted by molar-refractivity contribution is 6.10. The fourth-order valence-electron chi connectivity index (χ4n) is 5.23. The summed E-state index contributed by atoms with van der Waals surface area (Å²) in [5, 5.41) is 2.48. The van der Waals surface area contributed by atoms with Crippen LogP contribution in [0.15, 0.2) is 91.5 Å². The summed E-state index contributed by atoms with van der Waals surface area (Å²) in [6, 6.07) is 28.6. The number of rotatable bonds is 4. The van der Waals surface area contributed by atoms with Gasteiger partial charge in [-0.05, 0) is 73.4 Å². The van der Waals surface area contributed by atoms with Crippen LogP contribution >= 0.6 is 0 Å². The van der Waals surface area contributed by atoms with Crippen LogP contribution in [0.3, 0.4) is 0 Å². The first-order chi connectivity index (χ1) is 16.5. The van der Waals surface area contributed by atoms with Crippen molar-refractivity contribution >= 4 is 32.8 Å². The van der Waals surface area contributed by atoms with E-state index in [2.05, 4.69) is 109 Å². The van der Waals surface area contributed by atoms with Crippen molar-refractivity contribution in [2.45, 2.75) is 20.3 Å². The summed E-state index contributed by atoms with van der Waals surface area (Å²) >= 11 is 0. The fourth-order valence-corrected chi connectivity index (χ4v) is 5.23. The van der Waals surface area contributed by atoms with Crippen molar-refractivity contribution in [3.63, 3.8) is 0 Å². The van der Waals surface area contributed by atoms with Gasteiger partial charge in [-0.2, -0.15) is 0 Å².